The monoisotopic (exact) mass is 305 g/mol. The number of benzene rings is 1. The highest BCUT2D eigenvalue weighted by Gasteiger charge is 2.18. The van der Waals surface area contributed by atoms with Crippen LogP contribution in [0.3, 0.4) is 0 Å². The second-order valence-corrected chi connectivity index (χ2v) is 5.73. The fraction of sp³-hybridized carbons (Fsp3) is 0.267. The van der Waals surface area contributed by atoms with Crippen LogP contribution < -0.4 is 5.32 Å². The van der Waals surface area contributed by atoms with E-state index in [1.54, 1.807) is 12.1 Å². The van der Waals surface area contributed by atoms with Gasteiger partial charge in [-0.05, 0) is 43.7 Å². The number of hydrogen-bond donors (Lipinski definition) is 1. The fourth-order valence-electron chi connectivity index (χ4n) is 1.72. The standard InChI is InChI=1S/C15H16FN3OS/c1-3-13(21-14-8-10(2)17-9-18-14)15(20)19-12-6-4-11(16)5-7-12/h4-9,13H,3H2,1-2H3,(H,19,20)/t13-/m0/s1. The summed E-state index contributed by atoms with van der Waals surface area (Å²) in [6.45, 7) is 3.82. The van der Waals surface area contributed by atoms with E-state index in [4.69, 9.17) is 0 Å². The zero-order valence-corrected chi connectivity index (χ0v) is 12.7. The molecule has 0 bridgehead atoms. The summed E-state index contributed by atoms with van der Waals surface area (Å²) in [7, 11) is 0. The van der Waals surface area contributed by atoms with Crippen molar-refractivity contribution in [3.8, 4) is 0 Å². The van der Waals surface area contributed by atoms with E-state index >= 15 is 0 Å². The largest absolute Gasteiger partial charge is 0.325 e. The van der Waals surface area contributed by atoms with Crippen LogP contribution in [0.4, 0.5) is 10.1 Å². The second kappa shape index (κ2) is 7.17. The number of anilines is 1. The molecule has 1 aromatic heterocycles. The molecule has 1 aromatic carbocycles. The fourth-order valence-corrected chi connectivity index (χ4v) is 2.69. The lowest BCUT2D eigenvalue weighted by Gasteiger charge is -2.14. The zero-order chi connectivity index (χ0) is 15.2. The molecule has 0 fully saturated rings. The van der Waals surface area contributed by atoms with Gasteiger partial charge in [0.05, 0.1) is 5.25 Å². The molecular formula is C15H16FN3OS. The summed E-state index contributed by atoms with van der Waals surface area (Å²) in [5.41, 5.74) is 1.45. The lowest BCUT2D eigenvalue weighted by molar-refractivity contribution is -0.115. The Bertz CT molecular complexity index is 619. The van der Waals surface area contributed by atoms with Crippen LogP contribution in [0.25, 0.3) is 0 Å². The first-order valence-corrected chi connectivity index (χ1v) is 7.48. The van der Waals surface area contributed by atoms with Crippen LogP contribution >= 0.6 is 11.8 Å². The van der Waals surface area contributed by atoms with Crippen molar-refractivity contribution in [1.82, 2.24) is 9.97 Å². The minimum absolute atomic E-state index is 0.120. The molecule has 0 saturated heterocycles. The number of thioether (sulfide) groups is 1. The number of nitrogens with one attached hydrogen (secondary N) is 1. The van der Waals surface area contributed by atoms with Crippen molar-refractivity contribution in [2.45, 2.75) is 30.5 Å². The summed E-state index contributed by atoms with van der Waals surface area (Å²) >= 11 is 1.40. The Morgan fingerprint density at radius 1 is 1.33 bits per heavy atom. The number of carbonyl (C=O) groups excluding carboxylic acids is 1. The number of aryl methyl sites for hydroxylation is 1. The Labute approximate surface area is 127 Å². The van der Waals surface area contributed by atoms with Crippen molar-refractivity contribution in [3.05, 3.63) is 48.2 Å². The number of nitrogens with zero attached hydrogens (tertiary/aromatic N) is 2. The van der Waals surface area contributed by atoms with Crippen LogP contribution in [0.1, 0.15) is 19.0 Å². The average Bonchev–Trinajstić information content (AvgIpc) is 2.47. The Morgan fingerprint density at radius 2 is 2.05 bits per heavy atom. The number of carbonyl (C=O) groups is 1. The van der Waals surface area contributed by atoms with Crippen molar-refractivity contribution in [1.29, 1.82) is 0 Å². The van der Waals surface area contributed by atoms with Gasteiger partial charge in [-0.25, -0.2) is 14.4 Å². The van der Waals surface area contributed by atoms with Gasteiger partial charge in [-0.1, -0.05) is 18.7 Å². The minimum Gasteiger partial charge on any atom is -0.325 e. The molecule has 21 heavy (non-hydrogen) atoms. The van der Waals surface area contributed by atoms with Gasteiger partial charge in [-0.15, -0.1) is 0 Å². The van der Waals surface area contributed by atoms with Crippen LogP contribution in [0.2, 0.25) is 0 Å². The number of halogens is 1. The van der Waals surface area contributed by atoms with Crippen LogP contribution in [0.15, 0.2) is 41.7 Å². The molecule has 1 amide bonds. The highest BCUT2D eigenvalue weighted by atomic mass is 32.2. The van der Waals surface area contributed by atoms with E-state index < -0.39 is 0 Å². The van der Waals surface area contributed by atoms with Crippen molar-refractivity contribution in [3.63, 3.8) is 0 Å². The van der Waals surface area contributed by atoms with Crippen LogP contribution in [0, 0.1) is 12.7 Å². The van der Waals surface area contributed by atoms with E-state index in [1.807, 2.05) is 19.9 Å². The Kier molecular flexibility index (Phi) is 5.27. The summed E-state index contributed by atoms with van der Waals surface area (Å²) < 4.78 is 12.8. The third-order valence-corrected chi connectivity index (χ3v) is 4.11. The van der Waals surface area contributed by atoms with Gasteiger partial charge in [0, 0.05) is 11.4 Å². The molecule has 1 atom stereocenters. The lowest BCUT2D eigenvalue weighted by Crippen LogP contribution is -2.24. The molecule has 6 heteroatoms. The summed E-state index contributed by atoms with van der Waals surface area (Å²) in [6.07, 6.45) is 2.16. The SMILES string of the molecule is CC[C@H](Sc1cc(C)ncn1)C(=O)Nc1ccc(F)cc1. The van der Waals surface area contributed by atoms with E-state index in [0.717, 1.165) is 10.7 Å². The van der Waals surface area contributed by atoms with Crippen molar-refractivity contribution in [2.24, 2.45) is 0 Å². The normalized spacial score (nSPS) is 12.0. The smallest absolute Gasteiger partial charge is 0.237 e. The Hall–Kier alpha value is -1.95. The molecule has 0 radical (unpaired) electrons. The maximum atomic E-state index is 12.8. The van der Waals surface area contributed by atoms with Gasteiger partial charge in [0.1, 0.15) is 17.2 Å². The summed E-state index contributed by atoms with van der Waals surface area (Å²) in [4.78, 5) is 20.4. The minimum atomic E-state index is -0.328. The molecule has 0 unspecified atom stereocenters. The van der Waals surface area contributed by atoms with Gasteiger partial charge >= 0.3 is 0 Å². The molecule has 1 N–H and O–H groups in total. The number of aromatic nitrogens is 2. The van der Waals surface area contributed by atoms with E-state index in [-0.39, 0.29) is 17.0 Å². The highest BCUT2D eigenvalue weighted by Crippen LogP contribution is 2.25. The first-order chi connectivity index (χ1) is 10.1. The zero-order valence-electron chi connectivity index (χ0n) is 11.8. The highest BCUT2D eigenvalue weighted by molar-refractivity contribution is 8.00. The molecule has 0 aliphatic heterocycles. The first-order valence-electron chi connectivity index (χ1n) is 6.60. The van der Waals surface area contributed by atoms with Crippen LogP contribution in [0.5, 0.6) is 0 Å². The molecule has 2 rings (SSSR count). The van der Waals surface area contributed by atoms with Gasteiger partial charge in [-0.3, -0.25) is 4.79 Å². The second-order valence-electron chi connectivity index (χ2n) is 4.51. The predicted molar refractivity (Wildman–Crippen MR) is 81.7 cm³/mol. The first kappa shape index (κ1) is 15.4. The Balaban J connectivity index is 2.03. The van der Waals surface area contributed by atoms with Crippen molar-refractivity contribution >= 4 is 23.4 Å². The number of hydrogen-bond acceptors (Lipinski definition) is 4. The average molecular weight is 305 g/mol. The summed E-state index contributed by atoms with van der Waals surface area (Å²) in [6, 6.07) is 7.56. The molecule has 0 saturated carbocycles. The van der Waals surface area contributed by atoms with E-state index in [2.05, 4.69) is 15.3 Å². The third kappa shape index (κ3) is 4.53. The number of amides is 1. The van der Waals surface area contributed by atoms with Gasteiger partial charge in [0.2, 0.25) is 5.91 Å². The summed E-state index contributed by atoms with van der Waals surface area (Å²) in [5.74, 6) is -0.448. The van der Waals surface area contributed by atoms with Crippen LogP contribution in [-0.4, -0.2) is 21.1 Å². The van der Waals surface area contributed by atoms with E-state index in [9.17, 15) is 9.18 Å². The molecule has 110 valence electrons. The maximum absolute atomic E-state index is 12.8. The van der Waals surface area contributed by atoms with E-state index in [1.165, 1.54) is 30.2 Å². The maximum Gasteiger partial charge on any atom is 0.237 e. The molecule has 4 nitrogen and oxygen atoms in total. The molecule has 0 aliphatic carbocycles. The topological polar surface area (TPSA) is 54.9 Å². The Morgan fingerprint density at radius 3 is 2.67 bits per heavy atom. The van der Waals surface area contributed by atoms with Crippen molar-refractivity contribution in [2.75, 3.05) is 5.32 Å². The third-order valence-electron chi connectivity index (χ3n) is 2.82. The number of rotatable bonds is 5. The van der Waals surface area contributed by atoms with Crippen molar-refractivity contribution < 1.29 is 9.18 Å². The summed E-state index contributed by atoms with van der Waals surface area (Å²) in [5, 5.41) is 3.29. The molecule has 2 aromatic rings. The lowest BCUT2D eigenvalue weighted by atomic mass is 10.2. The molecule has 0 aliphatic rings. The van der Waals surface area contributed by atoms with E-state index in [0.29, 0.717) is 12.1 Å². The van der Waals surface area contributed by atoms with Crippen LogP contribution in [-0.2, 0) is 4.79 Å². The molecule has 0 spiro atoms. The van der Waals surface area contributed by atoms with Gasteiger partial charge < -0.3 is 5.32 Å². The predicted octanol–water partition coefficient (Wildman–Crippen LogP) is 3.43. The quantitative estimate of drug-likeness (QED) is 0.679. The van der Waals surface area contributed by atoms with Gasteiger partial charge in [0.25, 0.3) is 0 Å². The molecule has 1 heterocycles. The van der Waals surface area contributed by atoms with Gasteiger partial charge in [0.15, 0.2) is 0 Å². The molecular weight excluding hydrogens is 289 g/mol. The van der Waals surface area contributed by atoms with Gasteiger partial charge in [-0.2, -0.15) is 0 Å².